The van der Waals surface area contributed by atoms with Crippen molar-refractivity contribution in [3.63, 3.8) is 0 Å². The Morgan fingerprint density at radius 3 is 2.80 bits per heavy atom. The number of piperidine rings is 1. The molecule has 5 nitrogen and oxygen atoms in total. The molecule has 3 rings (SSSR count). The predicted octanol–water partition coefficient (Wildman–Crippen LogP) is 1.04. The van der Waals surface area contributed by atoms with Gasteiger partial charge in [0.25, 0.3) is 0 Å². The largest absolute Gasteiger partial charge is 0.490 e. The first-order valence-corrected chi connectivity index (χ1v) is 8.55. The molecular weight excluding hydrogens is 276 g/mol. The molecule has 110 valence electrons. The molecule has 20 heavy (non-hydrogen) atoms. The Kier molecular flexibility index (Phi) is 3.70. The second kappa shape index (κ2) is 5.35. The highest BCUT2D eigenvalue weighted by Crippen LogP contribution is 2.30. The second-order valence-corrected chi connectivity index (χ2v) is 7.26. The van der Waals surface area contributed by atoms with Gasteiger partial charge in [-0.15, -0.1) is 0 Å². The van der Waals surface area contributed by atoms with E-state index < -0.39 is 10.0 Å². The molecule has 0 aliphatic carbocycles. The van der Waals surface area contributed by atoms with Crippen LogP contribution < -0.4 is 14.8 Å². The number of benzene rings is 1. The molecule has 1 fully saturated rings. The minimum Gasteiger partial charge on any atom is -0.490 e. The first-order valence-electron chi connectivity index (χ1n) is 7.07. The molecule has 2 heterocycles. The van der Waals surface area contributed by atoms with Gasteiger partial charge in [0, 0.05) is 12.5 Å². The van der Waals surface area contributed by atoms with Crippen LogP contribution in [0.2, 0.25) is 0 Å². The van der Waals surface area contributed by atoms with Crippen LogP contribution in [0.3, 0.4) is 0 Å². The minimum atomic E-state index is -3.43. The van der Waals surface area contributed by atoms with Gasteiger partial charge in [0.1, 0.15) is 11.9 Å². The first-order chi connectivity index (χ1) is 9.54. The minimum absolute atomic E-state index is 0.0321. The Morgan fingerprint density at radius 1 is 1.30 bits per heavy atom. The summed E-state index contributed by atoms with van der Waals surface area (Å²) in [5.74, 6) is 0.804. The number of sulfonamides is 1. The zero-order chi connectivity index (χ0) is 14.2. The fourth-order valence-electron chi connectivity index (χ4n) is 2.79. The van der Waals surface area contributed by atoms with E-state index in [4.69, 9.17) is 4.74 Å². The Morgan fingerprint density at radius 2 is 2.05 bits per heavy atom. The van der Waals surface area contributed by atoms with Crippen LogP contribution in [-0.4, -0.2) is 33.7 Å². The summed E-state index contributed by atoms with van der Waals surface area (Å²) in [5, 5.41) is 3.23. The third-order valence-electron chi connectivity index (χ3n) is 3.84. The van der Waals surface area contributed by atoms with Crippen LogP contribution in [0.1, 0.15) is 25.3 Å². The van der Waals surface area contributed by atoms with E-state index >= 15 is 0 Å². The van der Waals surface area contributed by atoms with Crippen molar-refractivity contribution in [1.29, 1.82) is 0 Å². The van der Waals surface area contributed by atoms with Gasteiger partial charge in [-0.25, -0.2) is 13.1 Å². The average Bonchev–Trinajstić information content (AvgIpc) is 2.78. The molecule has 1 atom stereocenters. The first kappa shape index (κ1) is 13.9. The molecule has 2 aliphatic rings. The summed E-state index contributed by atoms with van der Waals surface area (Å²) in [6.45, 7) is 3.72. The Hall–Kier alpha value is -1.11. The van der Waals surface area contributed by atoms with Crippen LogP contribution in [0, 0.1) is 0 Å². The van der Waals surface area contributed by atoms with Crippen molar-refractivity contribution in [3.8, 4) is 5.75 Å². The standard InChI is InChI=1S/C14H20N2O3S/c1-10-8-11-9-13(2-3-14(11)19-10)20(17,18)16-12-4-6-15-7-5-12/h2-3,9-10,12,15-16H,4-8H2,1H3. The third-order valence-corrected chi connectivity index (χ3v) is 5.36. The molecule has 0 saturated carbocycles. The maximum Gasteiger partial charge on any atom is 0.240 e. The molecule has 0 aromatic heterocycles. The zero-order valence-electron chi connectivity index (χ0n) is 11.6. The fraction of sp³-hybridized carbons (Fsp3) is 0.571. The van der Waals surface area contributed by atoms with E-state index in [1.165, 1.54) is 0 Å². The molecule has 1 saturated heterocycles. The number of fused-ring (bicyclic) bond motifs is 1. The summed E-state index contributed by atoms with van der Waals surface area (Å²) >= 11 is 0. The number of rotatable bonds is 3. The molecule has 0 radical (unpaired) electrons. The molecule has 6 heteroatoms. The average molecular weight is 296 g/mol. The van der Waals surface area contributed by atoms with Crippen molar-refractivity contribution in [2.45, 2.75) is 43.2 Å². The van der Waals surface area contributed by atoms with Crippen molar-refractivity contribution >= 4 is 10.0 Å². The van der Waals surface area contributed by atoms with Gasteiger partial charge >= 0.3 is 0 Å². The van der Waals surface area contributed by atoms with Crippen LogP contribution in [-0.2, 0) is 16.4 Å². The molecule has 2 aliphatic heterocycles. The normalized spacial score (nSPS) is 23.4. The van der Waals surface area contributed by atoms with Crippen LogP contribution >= 0.6 is 0 Å². The third kappa shape index (κ3) is 2.82. The maximum absolute atomic E-state index is 12.4. The molecule has 0 amide bonds. The lowest BCUT2D eigenvalue weighted by Crippen LogP contribution is -2.42. The van der Waals surface area contributed by atoms with Crippen LogP contribution in [0.5, 0.6) is 5.75 Å². The van der Waals surface area contributed by atoms with Gasteiger partial charge in [0.05, 0.1) is 4.90 Å². The van der Waals surface area contributed by atoms with E-state index in [0.29, 0.717) is 4.90 Å². The highest BCUT2D eigenvalue weighted by molar-refractivity contribution is 7.89. The lowest BCUT2D eigenvalue weighted by atomic mass is 10.1. The molecule has 0 spiro atoms. The second-order valence-electron chi connectivity index (χ2n) is 5.55. The highest BCUT2D eigenvalue weighted by atomic mass is 32.2. The molecule has 1 aromatic carbocycles. The molecule has 1 unspecified atom stereocenters. The fourth-order valence-corrected chi connectivity index (χ4v) is 4.15. The van der Waals surface area contributed by atoms with Crippen molar-refractivity contribution in [3.05, 3.63) is 23.8 Å². The molecule has 1 aromatic rings. The van der Waals surface area contributed by atoms with Crippen LogP contribution in [0.4, 0.5) is 0 Å². The van der Waals surface area contributed by atoms with Crippen molar-refractivity contribution in [1.82, 2.24) is 10.0 Å². The van der Waals surface area contributed by atoms with Gasteiger partial charge in [-0.2, -0.15) is 0 Å². The van der Waals surface area contributed by atoms with Crippen LogP contribution in [0.25, 0.3) is 0 Å². The number of nitrogens with one attached hydrogen (secondary N) is 2. The Bertz CT molecular complexity index is 594. The highest BCUT2D eigenvalue weighted by Gasteiger charge is 2.25. The molecule has 2 N–H and O–H groups in total. The molecular formula is C14H20N2O3S. The molecule has 0 bridgehead atoms. The lowest BCUT2D eigenvalue weighted by molar-refractivity contribution is 0.254. The monoisotopic (exact) mass is 296 g/mol. The zero-order valence-corrected chi connectivity index (χ0v) is 12.4. The number of ether oxygens (including phenoxy) is 1. The Labute approximate surface area is 119 Å². The predicted molar refractivity (Wildman–Crippen MR) is 76.4 cm³/mol. The quantitative estimate of drug-likeness (QED) is 0.874. The number of hydrogen-bond acceptors (Lipinski definition) is 4. The van der Waals surface area contributed by atoms with E-state index in [2.05, 4.69) is 10.0 Å². The van der Waals surface area contributed by atoms with E-state index in [1.54, 1.807) is 18.2 Å². The van der Waals surface area contributed by atoms with Gasteiger partial charge in [-0.3, -0.25) is 0 Å². The number of hydrogen-bond donors (Lipinski definition) is 2. The van der Waals surface area contributed by atoms with Gasteiger partial charge in [0.15, 0.2) is 0 Å². The topological polar surface area (TPSA) is 67.4 Å². The summed E-state index contributed by atoms with van der Waals surface area (Å²) in [5.41, 5.74) is 0.977. The Balaban J connectivity index is 1.79. The van der Waals surface area contributed by atoms with Crippen molar-refractivity contribution in [2.75, 3.05) is 13.1 Å². The van der Waals surface area contributed by atoms with Gasteiger partial charge < -0.3 is 10.1 Å². The van der Waals surface area contributed by atoms with E-state index in [1.807, 2.05) is 6.92 Å². The van der Waals surface area contributed by atoms with Gasteiger partial charge in [-0.05, 0) is 56.6 Å². The maximum atomic E-state index is 12.4. The summed E-state index contributed by atoms with van der Waals surface area (Å²) < 4.78 is 33.2. The lowest BCUT2D eigenvalue weighted by Gasteiger charge is -2.23. The smallest absolute Gasteiger partial charge is 0.240 e. The van der Waals surface area contributed by atoms with Crippen molar-refractivity contribution in [2.24, 2.45) is 0 Å². The summed E-state index contributed by atoms with van der Waals surface area (Å²) in [4.78, 5) is 0.340. The van der Waals surface area contributed by atoms with Gasteiger partial charge in [-0.1, -0.05) is 0 Å². The summed E-state index contributed by atoms with van der Waals surface area (Å²) in [6, 6.07) is 5.16. The summed E-state index contributed by atoms with van der Waals surface area (Å²) in [7, 11) is -3.43. The SMILES string of the molecule is CC1Cc2cc(S(=O)(=O)NC3CCNCC3)ccc2O1. The van der Waals surface area contributed by atoms with Gasteiger partial charge in [0.2, 0.25) is 10.0 Å². The van der Waals surface area contributed by atoms with Crippen molar-refractivity contribution < 1.29 is 13.2 Å². The van der Waals surface area contributed by atoms with Crippen LogP contribution in [0.15, 0.2) is 23.1 Å². The van der Waals surface area contributed by atoms with E-state index in [9.17, 15) is 8.42 Å². The summed E-state index contributed by atoms with van der Waals surface area (Å²) in [6.07, 6.45) is 2.57. The van der Waals surface area contributed by atoms with E-state index in [-0.39, 0.29) is 12.1 Å². The van der Waals surface area contributed by atoms with E-state index in [0.717, 1.165) is 43.7 Å².